The highest BCUT2D eigenvalue weighted by atomic mass is 32.2. The van der Waals surface area contributed by atoms with Crippen molar-refractivity contribution in [2.24, 2.45) is 5.92 Å². The molecule has 1 fully saturated rings. The minimum Gasteiger partial charge on any atom is -0.481 e. The Morgan fingerprint density at radius 1 is 1.41 bits per heavy atom. The summed E-state index contributed by atoms with van der Waals surface area (Å²) in [5, 5.41) is 9.24. The Hall–Kier alpha value is -1.43. The molecule has 1 N–H and O–H groups in total. The van der Waals surface area contributed by atoms with Crippen molar-refractivity contribution in [3.8, 4) is 0 Å². The van der Waals surface area contributed by atoms with E-state index in [4.69, 9.17) is 0 Å². The van der Waals surface area contributed by atoms with Crippen molar-refractivity contribution in [3.05, 3.63) is 30.1 Å². The molecule has 92 valence electrons. The lowest BCUT2D eigenvalue weighted by Crippen LogP contribution is -2.22. The molecule has 2 unspecified atom stereocenters. The molecule has 0 radical (unpaired) electrons. The molecule has 2 rings (SSSR count). The second-order valence-electron chi connectivity index (χ2n) is 4.26. The number of carboxylic acids is 1. The van der Waals surface area contributed by atoms with Gasteiger partial charge in [0.25, 0.3) is 0 Å². The van der Waals surface area contributed by atoms with E-state index in [1.807, 2.05) is 0 Å². The molecule has 1 saturated heterocycles. The Labute approximate surface area is 99.4 Å². The van der Waals surface area contributed by atoms with E-state index in [2.05, 4.69) is 4.98 Å². The van der Waals surface area contributed by atoms with Crippen molar-refractivity contribution in [3.63, 3.8) is 0 Å². The number of hydrogen-bond acceptors (Lipinski definition) is 4. The van der Waals surface area contributed by atoms with Crippen LogP contribution in [-0.4, -0.2) is 36.0 Å². The molecular formula is C11H13NO4S. The topological polar surface area (TPSA) is 84.3 Å². The lowest BCUT2D eigenvalue weighted by Gasteiger charge is -2.18. The van der Waals surface area contributed by atoms with E-state index in [0.717, 1.165) is 0 Å². The average molecular weight is 255 g/mol. The smallest absolute Gasteiger partial charge is 0.311 e. The maximum Gasteiger partial charge on any atom is 0.311 e. The van der Waals surface area contributed by atoms with Gasteiger partial charge in [0.1, 0.15) is 0 Å². The first kappa shape index (κ1) is 12.0. The highest BCUT2D eigenvalue weighted by Crippen LogP contribution is 2.33. The Bertz CT molecular complexity index is 512. The molecule has 17 heavy (non-hydrogen) atoms. The molecule has 0 saturated carbocycles. The molecule has 0 amide bonds. The van der Waals surface area contributed by atoms with Gasteiger partial charge in [-0.05, 0) is 30.0 Å². The van der Waals surface area contributed by atoms with Crippen LogP contribution in [0.15, 0.2) is 24.5 Å². The maximum absolute atomic E-state index is 11.4. The van der Waals surface area contributed by atoms with Gasteiger partial charge in [-0.25, -0.2) is 8.42 Å². The minimum absolute atomic E-state index is 0.0354. The molecule has 0 aliphatic carbocycles. The first-order chi connectivity index (χ1) is 7.99. The first-order valence-corrected chi connectivity index (χ1v) is 7.15. The van der Waals surface area contributed by atoms with Crippen molar-refractivity contribution in [2.45, 2.75) is 12.3 Å². The van der Waals surface area contributed by atoms with Crippen molar-refractivity contribution < 1.29 is 18.3 Å². The maximum atomic E-state index is 11.4. The molecule has 1 aromatic rings. The molecule has 0 bridgehead atoms. The Morgan fingerprint density at radius 2 is 2.06 bits per heavy atom. The van der Waals surface area contributed by atoms with Gasteiger partial charge in [0.2, 0.25) is 0 Å². The van der Waals surface area contributed by atoms with Crippen LogP contribution in [0.5, 0.6) is 0 Å². The van der Waals surface area contributed by atoms with Gasteiger partial charge in [-0.1, -0.05) is 0 Å². The van der Waals surface area contributed by atoms with Crippen LogP contribution in [0.3, 0.4) is 0 Å². The third-order valence-electron chi connectivity index (χ3n) is 3.07. The summed E-state index contributed by atoms with van der Waals surface area (Å²) in [5.74, 6) is -2.01. The number of carboxylic acid groups (broad SMARTS) is 1. The Kier molecular flexibility index (Phi) is 3.15. The van der Waals surface area contributed by atoms with Gasteiger partial charge in [-0.3, -0.25) is 9.78 Å². The summed E-state index contributed by atoms with van der Waals surface area (Å²) in [6.45, 7) is 0. The quantitative estimate of drug-likeness (QED) is 0.858. The summed E-state index contributed by atoms with van der Waals surface area (Å²) >= 11 is 0. The molecule has 1 aromatic heterocycles. The molecule has 0 spiro atoms. The van der Waals surface area contributed by atoms with Crippen LogP contribution >= 0.6 is 0 Å². The first-order valence-electron chi connectivity index (χ1n) is 5.33. The molecule has 5 nitrogen and oxygen atoms in total. The van der Waals surface area contributed by atoms with E-state index >= 15 is 0 Å². The summed E-state index contributed by atoms with van der Waals surface area (Å²) in [7, 11) is -3.06. The van der Waals surface area contributed by atoms with Gasteiger partial charge >= 0.3 is 5.97 Å². The van der Waals surface area contributed by atoms with E-state index in [9.17, 15) is 18.3 Å². The van der Waals surface area contributed by atoms with E-state index in [-0.39, 0.29) is 17.4 Å². The van der Waals surface area contributed by atoms with Crippen LogP contribution in [0, 0.1) is 5.92 Å². The van der Waals surface area contributed by atoms with Crippen LogP contribution in [0.1, 0.15) is 17.9 Å². The van der Waals surface area contributed by atoms with Gasteiger partial charge in [-0.2, -0.15) is 0 Å². The minimum atomic E-state index is -3.06. The zero-order chi connectivity index (χ0) is 12.5. The lowest BCUT2D eigenvalue weighted by molar-refractivity contribution is -0.140. The normalized spacial score (nSPS) is 24.4. The fourth-order valence-corrected chi connectivity index (χ4v) is 4.11. The number of carbonyl (C=O) groups is 1. The van der Waals surface area contributed by atoms with E-state index in [1.165, 1.54) is 12.4 Å². The van der Waals surface area contributed by atoms with Crippen molar-refractivity contribution in [1.29, 1.82) is 0 Å². The Balaban J connectivity index is 2.29. The number of rotatable bonds is 3. The third kappa shape index (κ3) is 2.63. The van der Waals surface area contributed by atoms with Crippen LogP contribution in [-0.2, 0) is 14.6 Å². The summed E-state index contributed by atoms with van der Waals surface area (Å²) in [4.78, 5) is 15.1. The largest absolute Gasteiger partial charge is 0.481 e. The van der Waals surface area contributed by atoms with Crippen molar-refractivity contribution >= 4 is 15.8 Å². The number of pyridine rings is 1. The SMILES string of the molecule is O=C(O)C(c1ccncc1)C1CCS(=O)(=O)C1. The zero-order valence-corrected chi connectivity index (χ0v) is 9.93. The third-order valence-corrected chi connectivity index (χ3v) is 4.86. The molecule has 2 atom stereocenters. The molecule has 1 aliphatic rings. The van der Waals surface area contributed by atoms with Crippen LogP contribution in [0.4, 0.5) is 0 Å². The second kappa shape index (κ2) is 4.44. The second-order valence-corrected chi connectivity index (χ2v) is 6.49. The number of sulfone groups is 1. The van der Waals surface area contributed by atoms with E-state index < -0.39 is 21.7 Å². The van der Waals surface area contributed by atoms with Crippen LogP contribution in [0.25, 0.3) is 0 Å². The van der Waals surface area contributed by atoms with Gasteiger partial charge in [0, 0.05) is 12.4 Å². The van der Waals surface area contributed by atoms with Crippen molar-refractivity contribution in [1.82, 2.24) is 4.98 Å². The van der Waals surface area contributed by atoms with Crippen LogP contribution in [0.2, 0.25) is 0 Å². The fraction of sp³-hybridized carbons (Fsp3) is 0.455. The Morgan fingerprint density at radius 3 is 2.53 bits per heavy atom. The summed E-state index contributed by atoms with van der Waals surface area (Å²) in [6.07, 6.45) is 3.46. The monoisotopic (exact) mass is 255 g/mol. The molecule has 6 heteroatoms. The molecule has 2 heterocycles. The summed E-state index contributed by atoms with van der Waals surface area (Å²) in [6, 6.07) is 3.26. The fourth-order valence-electron chi connectivity index (χ4n) is 2.27. The number of hydrogen-bond donors (Lipinski definition) is 1. The summed E-state index contributed by atoms with van der Waals surface area (Å²) in [5.41, 5.74) is 0.620. The highest BCUT2D eigenvalue weighted by Gasteiger charge is 2.38. The molecule has 0 aromatic carbocycles. The van der Waals surface area contributed by atoms with Crippen molar-refractivity contribution in [2.75, 3.05) is 11.5 Å². The number of aliphatic carboxylic acids is 1. The molecular weight excluding hydrogens is 242 g/mol. The summed E-state index contributed by atoms with van der Waals surface area (Å²) < 4.78 is 22.8. The van der Waals surface area contributed by atoms with Gasteiger partial charge in [-0.15, -0.1) is 0 Å². The predicted molar refractivity (Wildman–Crippen MR) is 61.4 cm³/mol. The number of nitrogens with zero attached hydrogens (tertiary/aromatic N) is 1. The lowest BCUT2D eigenvalue weighted by atomic mass is 9.86. The zero-order valence-electron chi connectivity index (χ0n) is 9.11. The van der Waals surface area contributed by atoms with Gasteiger partial charge in [0.05, 0.1) is 17.4 Å². The van der Waals surface area contributed by atoms with E-state index in [0.29, 0.717) is 12.0 Å². The molecule has 1 aliphatic heterocycles. The standard InChI is InChI=1S/C11H13NO4S/c13-11(14)10(8-1-4-12-5-2-8)9-3-6-17(15,16)7-9/h1-2,4-5,9-10H,3,6-7H2,(H,13,14). The van der Waals surface area contributed by atoms with Gasteiger partial charge in [0.15, 0.2) is 9.84 Å². The van der Waals surface area contributed by atoms with E-state index in [1.54, 1.807) is 12.1 Å². The van der Waals surface area contributed by atoms with Gasteiger partial charge < -0.3 is 5.11 Å². The van der Waals surface area contributed by atoms with Crippen LogP contribution < -0.4 is 0 Å². The average Bonchev–Trinajstić information content (AvgIpc) is 2.60. The highest BCUT2D eigenvalue weighted by molar-refractivity contribution is 7.91. The number of aromatic nitrogens is 1. The predicted octanol–water partition coefficient (Wildman–Crippen LogP) is 0.685.